The van der Waals surface area contributed by atoms with Gasteiger partial charge in [0.2, 0.25) is 0 Å². The van der Waals surface area contributed by atoms with Crippen molar-refractivity contribution < 1.29 is 0 Å². The van der Waals surface area contributed by atoms with Gasteiger partial charge in [-0.3, -0.25) is 0 Å². The number of hydrogen-bond acceptors (Lipinski definition) is 0. The Morgan fingerprint density at radius 3 is 0.905 bits per heavy atom. The lowest BCUT2D eigenvalue weighted by Gasteiger charge is -2.19. The molecular formula is C63H42. The van der Waals surface area contributed by atoms with Crippen molar-refractivity contribution in [2.45, 2.75) is 6.92 Å². The van der Waals surface area contributed by atoms with Crippen molar-refractivity contribution in [2.24, 2.45) is 0 Å². The first-order valence-electron chi connectivity index (χ1n) is 21.9. The summed E-state index contributed by atoms with van der Waals surface area (Å²) in [7, 11) is 0. The zero-order valence-electron chi connectivity index (χ0n) is 35.0. The van der Waals surface area contributed by atoms with Crippen molar-refractivity contribution in [3.63, 3.8) is 0 Å². The molecule has 0 unspecified atom stereocenters. The molecule has 294 valence electrons. The maximum Gasteiger partial charge on any atom is -0.00262 e. The first kappa shape index (κ1) is 36.8. The summed E-state index contributed by atoms with van der Waals surface area (Å²) in [4.78, 5) is 0. The van der Waals surface area contributed by atoms with Crippen LogP contribution in [0.15, 0.2) is 224 Å². The Kier molecular flexibility index (Phi) is 8.83. The maximum absolute atomic E-state index is 2.39. The second kappa shape index (κ2) is 15.1. The zero-order chi connectivity index (χ0) is 41.9. The van der Waals surface area contributed by atoms with Gasteiger partial charge in [0, 0.05) is 0 Å². The van der Waals surface area contributed by atoms with E-state index in [-0.39, 0.29) is 0 Å². The lowest BCUT2D eigenvalue weighted by atomic mass is 9.84. The third-order valence-electron chi connectivity index (χ3n) is 13.0. The van der Waals surface area contributed by atoms with Gasteiger partial charge in [-0.1, -0.05) is 224 Å². The van der Waals surface area contributed by atoms with Crippen molar-refractivity contribution in [2.75, 3.05) is 0 Å². The maximum atomic E-state index is 2.39. The van der Waals surface area contributed by atoms with E-state index in [9.17, 15) is 0 Å². The van der Waals surface area contributed by atoms with Crippen LogP contribution < -0.4 is 0 Å². The molecule has 0 spiro atoms. The van der Waals surface area contributed by atoms with E-state index in [1.54, 1.807) is 0 Å². The van der Waals surface area contributed by atoms with Crippen LogP contribution in [0.1, 0.15) is 16.7 Å². The van der Waals surface area contributed by atoms with Gasteiger partial charge < -0.3 is 0 Å². The number of rotatable bonds is 6. The molecule has 0 nitrogen and oxygen atoms in total. The van der Waals surface area contributed by atoms with E-state index in [4.69, 9.17) is 0 Å². The van der Waals surface area contributed by atoms with Crippen molar-refractivity contribution in [3.8, 4) is 44.5 Å². The predicted molar refractivity (Wildman–Crippen MR) is 273 cm³/mol. The summed E-state index contributed by atoms with van der Waals surface area (Å²) < 4.78 is 0. The Labute approximate surface area is 367 Å². The Morgan fingerprint density at radius 2 is 0.524 bits per heavy atom. The predicted octanol–water partition coefficient (Wildman–Crippen LogP) is 17.8. The van der Waals surface area contributed by atoms with Gasteiger partial charge >= 0.3 is 0 Å². The fourth-order valence-corrected chi connectivity index (χ4v) is 10.1. The Hall–Kier alpha value is -8.06. The van der Waals surface area contributed by atoms with Gasteiger partial charge in [-0.15, -0.1) is 0 Å². The molecule has 0 N–H and O–H groups in total. The molecule has 63 heavy (non-hydrogen) atoms. The van der Waals surface area contributed by atoms with E-state index in [1.807, 2.05) is 0 Å². The number of hydrogen-bond donors (Lipinski definition) is 0. The van der Waals surface area contributed by atoms with E-state index in [0.29, 0.717) is 0 Å². The number of benzene rings is 12. The van der Waals surface area contributed by atoms with Crippen molar-refractivity contribution in [1.29, 1.82) is 0 Å². The van der Waals surface area contributed by atoms with Crippen LogP contribution in [0.5, 0.6) is 0 Å². The summed E-state index contributed by atoms with van der Waals surface area (Å²) in [6.07, 6.45) is 4.36. The summed E-state index contributed by atoms with van der Waals surface area (Å²) in [6.45, 7) is 2.16. The van der Waals surface area contributed by atoms with Crippen LogP contribution >= 0.6 is 0 Å². The molecule has 0 bridgehead atoms. The second-order valence-electron chi connectivity index (χ2n) is 16.9. The normalized spacial score (nSPS) is 11.8. The average Bonchev–Trinajstić information content (AvgIpc) is 3.34. The van der Waals surface area contributed by atoms with E-state index >= 15 is 0 Å². The molecule has 0 amide bonds. The van der Waals surface area contributed by atoms with Crippen molar-refractivity contribution >= 4 is 76.8 Å². The molecule has 12 aromatic rings. The molecule has 12 aromatic carbocycles. The largest absolute Gasteiger partial charge is 0.0622 e. The highest BCUT2D eigenvalue weighted by atomic mass is 14.2. The zero-order valence-corrected chi connectivity index (χ0v) is 35.0. The molecule has 12 rings (SSSR count). The first-order chi connectivity index (χ1) is 31.1. The average molecular weight is 799 g/mol. The Bertz CT molecular complexity index is 3660. The van der Waals surface area contributed by atoms with E-state index < -0.39 is 0 Å². The van der Waals surface area contributed by atoms with Crippen molar-refractivity contribution in [1.82, 2.24) is 0 Å². The molecule has 0 aliphatic rings. The third kappa shape index (κ3) is 6.39. The molecule has 0 heteroatoms. The van der Waals surface area contributed by atoms with Gasteiger partial charge in [0.05, 0.1) is 0 Å². The Morgan fingerprint density at radius 1 is 0.238 bits per heavy atom. The summed E-state index contributed by atoms with van der Waals surface area (Å²) in [6, 6.07) is 83.0. The number of fused-ring (bicyclic) bond motifs is 6. The topological polar surface area (TPSA) is 0 Å². The molecule has 0 saturated carbocycles. The van der Waals surface area contributed by atoms with E-state index in [2.05, 4.69) is 244 Å². The molecule has 0 aromatic heterocycles. The molecule has 0 aliphatic carbocycles. The van der Waals surface area contributed by atoms with E-state index in [0.717, 1.165) is 0 Å². The summed E-state index contributed by atoms with van der Waals surface area (Å²) in [5.74, 6) is 0. The minimum absolute atomic E-state index is 1.18. The van der Waals surface area contributed by atoms with Crippen LogP contribution in [0.4, 0.5) is 0 Å². The smallest absolute Gasteiger partial charge is 0.00262 e. The number of aryl methyl sites for hydroxylation is 1. The molecule has 0 fully saturated rings. The van der Waals surface area contributed by atoms with Gasteiger partial charge in [-0.25, -0.2) is 0 Å². The fourth-order valence-electron chi connectivity index (χ4n) is 10.1. The van der Waals surface area contributed by atoms with Crippen LogP contribution in [0, 0.1) is 6.92 Å². The van der Waals surface area contributed by atoms with Gasteiger partial charge in [0.25, 0.3) is 0 Å². The first-order valence-corrected chi connectivity index (χ1v) is 21.9. The second-order valence-corrected chi connectivity index (χ2v) is 16.9. The summed E-state index contributed by atoms with van der Waals surface area (Å²) in [5.41, 5.74) is 13.7. The quantitative estimate of drug-likeness (QED) is 0.116. The van der Waals surface area contributed by atoms with Crippen LogP contribution in [0.25, 0.3) is 121 Å². The molecule has 0 saturated heterocycles. The molecule has 0 aliphatic heterocycles. The van der Waals surface area contributed by atoms with E-state index in [1.165, 1.54) is 126 Å². The van der Waals surface area contributed by atoms with Crippen LogP contribution in [0.2, 0.25) is 0 Å². The third-order valence-corrected chi connectivity index (χ3v) is 13.0. The molecule has 0 heterocycles. The van der Waals surface area contributed by atoms with Gasteiger partial charge in [0.15, 0.2) is 0 Å². The van der Waals surface area contributed by atoms with Crippen LogP contribution in [0.3, 0.4) is 0 Å². The minimum Gasteiger partial charge on any atom is -0.0622 e. The summed E-state index contributed by atoms with van der Waals surface area (Å²) >= 11 is 0. The summed E-state index contributed by atoms with van der Waals surface area (Å²) in [5, 5.41) is 15.1. The lowest BCUT2D eigenvalue weighted by Crippen LogP contribution is -1.92. The SMILES string of the molecule is Cc1ccc2cc(-c3c4ccccc4c(-c4ccc5cc(-c6c7ccccc7c(-c7ccc(/C=C/c8ccccc8)cc7)c7ccccc67)ccc5c4)c4ccccc34)ccc2c1. The highest BCUT2D eigenvalue weighted by Gasteiger charge is 2.19. The van der Waals surface area contributed by atoms with Crippen LogP contribution in [-0.2, 0) is 0 Å². The molecular weight excluding hydrogens is 757 g/mol. The van der Waals surface area contributed by atoms with Crippen LogP contribution in [-0.4, -0.2) is 0 Å². The molecule has 0 atom stereocenters. The fraction of sp³-hybridized carbons (Fsp3) is 0.0159. The van der Waals surface area contributed by atoms with Gasteiger partial charge in [-0.2, -0.15) is 0 Å². The standard InChI is InChI=1S/C63H42/c1-41-23-28-46-38-49(34-31-45(46)37-41)62-56-19-9-11-21-58(56)63(59-22-12-10-20-57(59)62)51-36-33-47-39-50(35-32-48(47)40-51)61-54-17-7-5-15-52(54)60(53-16-6-8-18-55(53)61)44-29-26-43(27-30-44)25-24-42-13-3-2-4-14-42/h2-40H,1H3/b25-24+. The lowest BCUT2D eigenvalue weighted by molar-refractivity contribution is 1.51. The van der Waals surface area contributed by atoms with Gasteiger partial charge in [-0.05, 0) is 145 Å². The van der Waals surface area contributed by atoms with Crippen molar-refractivity contribution in [3.05, 3.63) is 241 Å². The highest BCUT2D eigenvalue weighted by molar-refractivity contribution is 6.23. The van der Waals surface area contributed by atoms with Gasteiger partial charge in [0.1, 0.15) is 0 Å². The Balaban J connectivity index is 0.975. The monoisotopic (exact) mass is 798 g/mol. The molecule has 0 radical (unpaired) electrons. The highest BCUT2D eigenvalue weighted by Crippen LogP contribution is 2.47. The minimum atomic E-state index is 1.18.